The normalized spacial score (nSPS) is 42.1. The summed E-state index contributed by atoms with van der Waals surface area (Å²) in [7, 11) is 0. The fraction of sp³-hybridized carbons (Fsp3) is 0.774. The molecule has 0 radical (unpaired) electrons. The number of ketones is 1. The Kier molecular flexibility index (Phi) is 6.53. The molecule has 3 saturated carbocycles. The molecule has 1 amide bonds. The molecular weight excluding hydrogens is 450 g/mol. The minimum Gasteiger partial charge on any atom is -0.462 e. The summed E-state index contributed by atoms with van der Waals surface area (Å²) in [6.07, 6.45) is 11.0. The van der Waals surface area contributed by atoms with E-state index in [4.69, 9.17) is 4.74 Å². The predicted octanol–water partition coefficient (Wildman–Crippen LogP) is 5.78. The molecule has 1 N–H and O–H groups in total. The Morgan fingerprint density at radius 1 is 1.14 bits per heavy atom. The molecule has 0 spiro atoms. The van der Waals surface area contributed by atoms with Crippen LogP contribution in [0.25, 0.3) is 0 Å². The maximum absolute atomic E-state index is 13.4. The summed E-state index contributed by atoms with van der Waals surface area (Å²) in [5.41, 5.74) is 4.50. The number of ether oxygens (including phenoxy) is 1. The molecule has 5 aliphatic carbocycles. The third-order valence-electron chi connectivity index (χ3n) is 11.2. The number of rotatable bonds is 5. The Morgan fingerprint density at radius 3 is 2.58 bits per heavy atom. The van der Waals surface area contributed by atoms with E-state index < -0.39 is 0 Å². The summed E-state index contributed by atoms with van der Waals surface area (Å²) in [6.45, 7) is 13.0. The fourth-order valence-electron chi connectivity index (χ4n) is 9.58. The smallest absolute Gasteiger partial charge is 0.302 e. The number of fused-ring (bicyclic) bond motifs is 7. The van der Waals surface area contributed by atoms with E-state index in [-0.39, 0.29) is 40.6 Å². The van der Waals surface area contributed by atoms with Crippen molar-refractivity contribution in [3.05, 3.63) is 22.8 Å². The molecule has 36 heavy (non-hydrogen) atoms. The monoisotopic (exact) mass is 495 g/mol. The zero-order valence-electron chi connectivity index (χ0n) is 23.1. The summed E-state index contributed by atoms with van der Waals surface area (Å²) in [5, 5.41) is 2.94. The van der Waals surface area contributed by atoms with Gasteiger partial charge in [-0.1, -0.05) is 44.9 Å². The maximum atomic E-state index is 13.4. The zero-order valence-corrected chi connectivity index (χ0v) is 23.1. The molecule has 3 fully saturated rings. The van der Waals surface area contributed by atoms with Crippen LogP contribution < -0.4 is 5.32 Å². The van der Waals surface area contributed by atoms with Crippen molar-refractivity contribution in [2.24, 2.45) is 46.3 Å². The Hall–Kier alpha value is -1.91. The van der Waals surface area contributed by atoms with Gasteiger partial charge in [-0.3, -0.25) is 14.4 Å². The number of carbonyl (C=O) groups excluding carboxylic acids is 3. The van der Waals surface area contributed by atoms with Gasteiger partial charge in [-0.25, -0.2) is 0 Å². The number of carbonyl (C=O) groups is 3. The minimum atomic E-state index is -0.164. The lowest BCUT2D eigenvalue weighted by atomic mass is 9.47. The number of esters is 1. The molecule has 0 saturated heterocycles. The van der Waals surface area contributed by atoms with Crippen molar-refractivity contribution >= 4 is 17.7 Å². The third kappa shape index (κ3) is 4.00. The van der Waals surface area contributed by atoms with Crippen molar-refractivity contribution in [1.29, 1.82) is 0 Å². The second-order valence-electron chi connectivity index (χ2n) is 13.4. The van der Waals surface area contributed by atoms with E-state index in [9.17, 15) is 14.4 Å². The van der Waals surface area contributed by atoms with E-state index in [2.05, 4.69) is 39.1 Å². The molecule has 0 aromatic rings. The molecule has 0 aromatic heterocycles. The highest BCUT2D eigenvalue weighted by atomic mass is 16.5. The van der Waals surface area contributed by atoms with Gasteiger partial charge < -0.3 is 10.1 Å². The quantitative estimate of drug-likeness (QED) is 0.387. The molecule has 5 nitrogen and oxygen atoms in total. The first-order chi connectivity index (χ1) is 17.0. The molecule has 5 aliphatic rings. The first kappa shape index (κ1) is 25.7. The van der Waals surface area contributed by atoms with Crippen LogP contribution in [0, 0.1) is 46.3 Å². The van der Waals surface area contributed by atoms with E-state index in [0.29, 0.717) is 36.0 Å². The van der Waals surface area contributed by atoms with Gasteiger partial charge >= 0.3 is 5.97 Å². The largest absolute Gasteiger partial charge is 0.462 e. The van der Waals surface area contributed by atoms with Crippen LogP contribution in [0.1, 0.15) is 92.9 Å². The van der Waals surface area contributed by atoms with Crippen LogP contribution >= 0.6 is 0 Å². The van der Waals surface area contributed by atoms with Gasteiger partial charge in [-0.2, -0.15) is 0 Å². The van der Waals surface area contributed by atoms with Gasteiger partial charge in [0.1, 0.15) is 6.10 Å². The van der Waals surface area contributed by atoms with Crippen molar-refractivity contribution in [1.82, 2.24) is 5.32 Å². The van der Waals surface area contributed by atoms with Crippen LogP contribution in [0.5, 0.6) is 0 Å². The Balaban J connectivity index is 1.40. The molecule has 0 unspecified atom stereocenters. The van der Waals surface area contributed by atoms with Crippen LogP contribution in [0.4, 0.5) is 0 Å². The number of Topliss-reactive ketones (excluding diaryl/α,β-unsaturated/α-hetero) is 1. The number of nitrogens with one attached hydrogen (secondary N) is 1. The standard InChI is InChI=1S/C31H45NO4/c1-17(16-32-19(3)33)13-25-24-15-27-23-8-7-21-14-22(36-20(4)34)9-11-30(21,5)26(23)10-12-31(27,6)28(24)18(2)29(25)35/h7,17-18,22-23,26-28H,8-16H2,1-6H3,(H,32,33)/t17-,18-,22-,23-,26+,27+,28+,30-,31-/m0/s1. The fourth-order valence-corrected chi connectivity index (χ4v) is 9.58. The molecule has 5 heteroatoms. The summed E-state index contributed by atoms with van der Waals surface area (Å²) < 4.78 is 5.61. The van der Waals surface area contributed by atoms with Gasteiger partial charge in [0, 0.05) is 32.7 Å². The van der Waals surface area contributed by atoms with Gasteiger partial charge in [-0.15, -0.1) is 0 Å². The number of allylic oxidation sites excluding steroid dienone is 3. The highest BCUT2D eigenvalue weighted by Gasteiger charge is 2.63. The molecule has 0 aromatic carbocycles. The van der Waals surface area contributed by atoms with E-state index in [1.807, 2.05) is 0 Å². The summed E-state index contributed by atoms with van der Waals surface area (Å²) >= 11 is 0. The second kappa shape index (κ2) is 9.13. The Bertz CT molecular complexity index is 1030. The second-order valence-corrected chi connectivity index (χ2v) is 13.4. The molecule has 0 bridgehead atoms. The third-order valence-corrected chi connectivity index (χ3v) is 11.2. The molecule has 0 heterocycles. The zero-order chi connectivity index (χ0) is 26.0. The molecular formula is C31H45NO4. The first-order valence-corrected chi connectivity index (χ1v) is 14.3. The van der Waals surface area contributed by atoms with Gasteiger partial charge in [0.25, 0.3) is 0 Å². The number of amides is 1. The van der Waals surface area contributed by atoms with E-state index in [1.54, 1.807) is 6.92 Å². The molecule has 5 rings (SSSR count). The van der Waals surface area contributed by atoms with Gasteiger partial charge in [0.15, 0.2) is 5.78 Å². The number of hydrogen-bond acceptors (Lipinski definition) is 4. The van der Waals surface area contributed by atoms with Crippen LogP contribution in [0.15, 0.2) is 22.8 Å². The van der Waals surface area contributed by atoms with Crippen molar-refractivity contribution < 1.29 is 19.1 Å². The lowest BCUT2D eigenvalue weighted by molar-refractivity contribution is -0.148. The molecule has 198 valence electrons. The lowest BCUT2D eigenvalue weighted by Gasteiger charge is -2.58. The predicted molar refractivity (Wildman–Crippen MR) is 140 cm³/mol. The van der Waals surface area contributed by atoms with Gasteiger partial charge in [-0.05, 0) is 90.9 Å². The summed E-state index contributed by atoms with van der Waals surface area (Å²) in [6, 6.07) is 0. The maximum Gasteiger partial charge on any atom is 0.302 e. The highest BCUT2D eigenvalue weighted by molar-refractivity contribution is 6.01. The average molecular weight is 496 g/mol. The summed E-state index contributed by atoms with van der Waals surface area (Å²) in [4.78, 5) is 36.4. The van der Waals surface area contributed by atoms with Crippen LogP contribution in [0.2, 0.25) is 0 Å². The van der Waals surface area contributed by atoms with Gasteiger partial charge in [0.2, 0.25) is 5.91 Å². The van der Waals surface area contributed by atoms with Crippen molar-refractivity contribution in [3.63, 3.8) is 0 Å². The minimum absolute atomic E-state index is 0.00552. The van der Waals surface area contributed by atoms with E-state index >= 15 is 0 Å². The van der Waals surface area contributed by atoms with Crippen LogP contribution in [0.3, 0.4) is 0 Å². The van der Waals surface area contributed by atoms with E-state index in [0.717, 1.165) is 44.1 Å². The van der Waals surface area contributed by atoms with Crippen molar-refractivity contribution in [3.8, 4) is 0 Å². The Morgan fingerprint density at radius 2 is 1.89 bits per heavy atom. The molecule has 9 atom stereocenters. The summed E-state index contributed by atoms with van der Waals surface area (Å²) in [5.74, 6) is 2.91. The first-order valence-electron chi connectivity index (χ1n) is 14.3. The Labute approximate surface area is 216 Å². The average Bonchev–Trinajstić information content (AvgIpc) is 3.24. The SMILES string of the molecule is CC(=O)NC[C@@H](C)CC1=C2C[C@@H]3[C@H]4CC=C5C[C@@H](OC(C)=O)CC[C@]5(C)[C@@H]4CC[C@]3(C)[C@@H]2[C@H](C)C1=O. The van der Waals surface area contributed by atoms with Crippen LogP contribution in [-0.2, 0) is 19.1 Å². The highest BCUT2D eigenvalue weighted by Crippen LogP contribution is 2.70. The molecule has 0 aliphatic heterocycles. The van der Waals surface area contributed by atoms with E-state index in [1.165, 1.54) is 30.9 Å². The number of hydrogen-bond donors (Lipinski definition) is 1. The topological polar surface area (TPSA) is 72.5 Å². The van der Waals surface area contributed by atoms with Crippen molar-refractivity contribution in [2.75, 3.05) is 6.54 Å². The van der Waals surface area contributed by atoms with Crippen molar-refractivity contribution in [2.45, 2.75) is 99.0 Å². The lowest BCUT2D eigenvalue weighted by Crippen LogP contribution is -2.51. The van der Waals surface area contributed by atoms with Gasteiger partial charge in [0.05, 0.1) is 0 Å². The van der Waals surface area contributed by atoms with Crippen LogP contribution in [-0.4, -0.2) is 30.3 Å².